The van der Waals surface area contributed by atoms with Crippen molar-refractivity contribution in [2.45, 2.75) is 73.1 Å². The summed E-state index contributed by atoms with van der Waals surface area (Å²) in [7, 11) is 0. The zero-order chi connectivity index (χ0) is 34.9. The standard InChI is InChI=1S/C44H48N4O/c1-29-21-30(2)41(31(3)22-29)47-42-39(44(7,8)9)23-34(43(4,5)6)24-40(42)46-35-17-13-19-37(25-35)49-38-20-14-18-36(26-38)48-28-33(27-45-48)32-15-11-10-12-16-32/h10-28,46-47H,1-9H3. The molecular formula is C44H48N4O. The Labute approximate surface area is 292 Å². The number of anilines is 4. The summed E-state index contributed by atoms with van der Waals surface area (Å²) in [4.78, 5) is 0. The molecule has 5 nitrogen and oxygen atoms in total. The van der Waals surface area contributed by atoms with Gasteiger partial charge in [-0.2, -0.15) is 5.10 Å². The van der Waals surface area contributed by atoms with Gasteiger partial charge in [0.25, 0.3) is 0 Å². The highest BCUT2D eigenvalue weighted by Crippen LogP contribution is 2.43. The van der Waals surface area contributed by atoms with E-state index < -0.39 is 0 Å². The second-order valence-electron chi connectivity index (χ2n) is 15.1. The van der Waals surface area contributed by atoms with Crippen LogP contribution in [0.2, 0.25) is 0 Å². The van der Waals surface area contributed by atoms with Crippen LogP contribution in [0.15, 0.2) is 116 Å². The molecule has 1 aromatic heterocycles. The van der Waals surface area contributed by atoms with Gasteiger partial charge in [-0.15, -0.1) is 0 Å². The SMILES string of the molecule is Cc1cc(C)c(Nc2c(Nc3cccc(Oc4cccc(-n5cc(-c6ccccc6)cn5)c4)c3)cc(C(C)(C)C)cc2C(C)(C)C)c(C)c1. The molecule has 0 saturated heterocycles. The minimum absolute atomic E-state index is 0.0307. The van der Waals surface area contributed by atoms with E-state index in [1.807, 2.05) is 71.7 Å². The zero-order valence-corrected chi connectivity index (χ0v) is 30.3. The normalized spacial score (nSPS) is 11.8. The molecule has 0 radical (unpaired) electrons. The molecule has 0 fully saturated rings. The van der Waals surface area contributed by atoms with Gasteiger partial charge in [-0.25, -0.2) is 4.68 Å². The maximum absolute atomic E-state index is 6.44. The van der Waals surface area contributed by atoms with Crippen molar-refractivity contribution in [3.05, 3.63) is 143 Å². The Balaban J connectivity index is 1.33. The Morgan fingerprint density at radius 1 is 0.612 bits per heavy atom. The van der Waals surface area contributed by atoms with Gasteiger partial charge in [0.05, 0.1) is 23.3 Å². The molecule has 2 N–H and O–H groups in total. The summed E-state index contributed by atoms with van der Waals surface area (Å²) in [5.74, 6) is 1.49. The quantitative estimate of drug-likeness (QED) is 0.172. The van der Waals surface area contributed by atoms with Gasteiger partial charge in [-0.1, -0.05) is 108 Å². The molecule has 0 atom stereocenters. The van der Waals surface area contributed by atoms with Crippen molar-refractivity contribution in [2.24, 2.45) is 0 Å². The maximum atomic E-state index is 6.44. The highest BCUT2D eigenvalue weighted by molar-refractivity contribution is 5.84. The molecule has 0 aliphatic carbocycles. The van der Waals surface area contributed by atoms with Gasteiger partial charge < -0.3 is 15.4 Å². The average Bonchev–Trinajstić information content (AvgIpc) is 3.54. The zero-order valence-electron chi connectivity index (χ0n) is 30.3. The first-order valence-corrected chi connectivity index (χ1v) is 17.0. The van der Waals surface area contributed by atoms with Crippen LogP contribution in [-0.2, 0) is 10.8 Å². The summed E-state index contributed by atoms with van der Waals surface area (Å²) in [6.07, 6.45) is 3.93. The minimum atomic E-state index is -0.0983. The summed E-state index contributed by atoms with van der Waals surface area (Å²) < 4.78 is 8.32. The van der Waals surface area contributed by atoms with Gasteiger partial charge in [0.1, 0.15) is 11.5 Å². The first-order chi connectivity index (χ1) is 23.2. The highest BCUT2D eigenvalue weighted by Gasteiger charge is 2.26. The summed E-state index contributed by atoms with van der Waals surface area (Å²) in [5.41, 5.74) is 13.5. The molecule has 0 bridgehead atoms. The van der Waals surface area contributed by atoms with Crippen LogP contribution in [0.5, 0.6) is 11.5 Å². The number of ether oxygens (including phenoxy) is 1. The Morgan fingerprint density at radius 3 is 1.96 bits per heavy atom. The first kappa shape index (κ1) is 33.6. The Bertz CT molecular complexity index is 2070. The average molecular weight is 649 g/mol. The number of benzene rings is 5. The molecule has 5 aromatic carbocycles. The van der Waals surface area contributed by atoms with Gasteiger partial charge in [-0.05, 0) is 89.8 Å². The van der Waals surface area contributed by atoms with E-state index >= 15 is 0 Å². The number of nitrogens with one attached hydrogen (secondary N) is 2. The summed E-state index contributed by atoms with van der Waals surface area (Å²) >= 11 is 0. The maximum Gasteiger partial charge on any atom is 0.129 e. The lowest BCUT2D eigenvalue weighted by molar-refractivity contribution is 0.482. The number of hydrogen-bond acceptors (Lipinski definition) is 4. The van der Waals surface area contributed by atoms with Crippen molar-refractivity contribution in [1.29, 1.82) is 0 Å². The smallest absolute Gasteiger partial charge is 0.129 e. The van der Waals surface area contributed by atoms with Crippen LogP contribution >= 0.6 is 0 Å². The van der Waals surface area contributed by atoms with Crippen LogP contribution < -0.4 is 15.4 Å². The lowest BCUT2D eigenvalue weighted by atomic mass is 9.79. The molecule has 6 rings (SSSR count). The molecule has 0 unspecified atom stereocenters. The Kier molecular flexibility index (Phi) is 9.13. The molecule has 0 spiro atoms. The molecule has 6 aromatic rings. The second kappa shape index (κ2) is 13.3. The van der Waals surface area contributed by atoms with Crippen molar-refractivity contribution in [3.8, 4) is 28.3 Å². The number of nitrogens with zero attached hydrogens (tertiary/aromatic N) is 2. The van der Waals surface area contributed by atoms with Crippen LogP contribution in [0.25, 0.3) is 16.8 Å². The third-order valence-corrected chi connectivity index (χ3v) is 8.86. The summed E-state index contributed by atoms with van der Waals surface area (Å²) in [5, 5.41) is 12.3. The monoisotopic (exact) mass is 648 g/mol. The van der Waals surface area contributed by atoms with Crippen LogP contribution in [0.4, 0.5) is 22.7 Å². The molecule has 0 aliphatic rings. The molecular weight excluding hydrogens is 601 g/mol. The lowest BCUT2D eigenvalue weighted by Gasteiger charge is -2.31. The van der Waals surface area contributed by atoms with Gasteiger partial charge in [0, 0.05) is 35.3 Å². The van der Waals surface area contributed by atoms with E-state index in [0.29, 0.717) is 0 Å². The number of aryl methyl sites for hydroxylation is 3. The predicted molar refractivity (Wildman–Crippen MR) is 207 cm³/mol. The first-order valence-electron chi connectivity index (χ1n) is 17.0. The van der Waals surface area contributed by atoms with Crippen LogP contribution in [-0.4, -0.2) is 9.78 Å². The van der Waals surface area contributed by atoms with E-state index in [1.165, 1.54) is 27.8 Å². The third-order valence-electron chi connectivity index (χ3n) is 8.86. The minimum Gasteiger partial charge on any atom is -0.457 e. The summed E-state index contributed by atoms with van der Waals surface area (Å²) in [6.45, 7) is 20.2. The predicted octanol–water partition coefficient (Wildman–Crippen LogP) is 12.3. The van der Waals surface area contributed by atoms with E-state index in [9.17, 15) is 0 Å². The van der Waals surface area contributed by atoms with Crippen molar-refractivity contribution in [2.75, 3.05) is 10.6 Å². The molecule has 250 valence electrons. The van der Waals surface area contributed by atoms with Gasteiger partial charge in [-0.3, -0.25) is 0 Å². The number of rotatable bonds is 8. The fourth-order valence-corrected chi connectivity index (χ4v) is 6.26. The molecule has 0 aliphatic heterocycles. The fourth-order valence-electron chi connectivity index (χ4n) is 6.26. The van der Waals surface area contributed by atoms with Crippen LogP contribution in [0, 0.1) is 20.8 Å². The Hall–Kier alpha value is -5.29. The molecule has 5 heteroatoms. The molecule has 1 heterocycles. The van der Waals surface area contributed by atoms with Crippen molar-refractivity contribution < 1.29 is 4.74 Å². The van der Waals surface area contributed by atoms with Gasteiger partial charge in [0.2, 0.25) is 0 Å². The Morgan fingerprint density at radius 2 is 1.29 bits per heavy atom. The van der Waals surface area contributed by atoms with E-state index in [2.05, 4.69) is 127 Å². The second-order valence-corrected chi connectivity index (χ2v) is 15.1. The van der Waals surface area contributed by atoms with E-state index in [0.717, 1.165) is 51.1 Å². The number of hydrogen-bond donors (Lipinski definition) is 2. The highest BCUT2D eigenvalue weighted by atomic mass is 16.5. The molecule has 0 saturated carbocycles. The topological polar surface area (TPSA) is 51.1 Å². The van der Waals surface area contributed by atoms with Crippen molar-refractivity contribution >= 4 is 22.7 Å². The van der Waals surface area contributed by atoms with Crippen LogP contribution in [0.3, 0.4) is 0 Å². The van der Waals surface area contributed by atoms with E-state index in [1.54, 1.807) is 0 Å². The van der Waals surface area contributed by atoms with Gasteiger partial charge >= 0.3 is 0 Å². The van der Waals surface area contributed by atoms with Crippen molar-refractivity contribution in [1.82, 2.24) is 9.78 Å². The van der Waals surface area contributed by atoms with E-state index in [-0.39, 0.29) is 10.8 Å². The van der Waals surface area contributed by atoms with Crippen LogP contribution in [0.1, 0.15) is 69.4 Å². The van der Waals surface area contributed by atoms with Gasteiger partial charge in [0.15, 0.2) is 0 Å². The van der Waals surface area contributed by atoms with Crippen molar-refractivity contribution in [3.63, 3.8) is 0 Å². The number of aromatic nitrogens is 2. The third kappa shape index (κ3) is 7.73. The lowest BCUT2D eigenvalue weighted by Crippen LogP contribution is -2.19. The molecule has 49 heavy (non-hydrogen) atoms. The largest absolute Gasteiger partial charge is 0.457 e. The van der Waals surface area contributed by atoms with E-state index in [4.69, 9.17) is 4.74 Å². The molecule has 0 amide bonds. The summed E-state index contributed by atoms with van der Waals surface area (Å²) in [6, 6.07) is 35.6. The fraction of sp³-hybridized carbons (Fsp3) is 0.250.